The highest BCUT2D eigenvalue weighted by atomic mass is 35.5. The Morgan fingerprint density at radius 3 is 2.56 bits per heavy atom. The van der Waals surface area contributed by atoms with Crippen molar-refractivity contribution in [2.75, 3.05) is 53.3 Å². The van der Waals surface area contributed by atoms with Crippen molar-refractivity contribution < 1.29 is 14.3 Å². The number of thioether (sulfide) groups is 1. The van der Waals surface area contributed by atoms with Crippen LogP contribution >= 0.6 is 23.4 Å². The summed E-state index contributed by atoms with van der Waals surface area (Å²) in [5, 5.41) is 6.06. The third-order valence-corrected chi connectivity index (χ3v) is 6.75. The van der Waals surface area contributed by atoms with Gasteiger partial charge in [-0.25, -0.2) is 4.98 Å². The van der Waals surface area contributed by atoms with E-state index in [0.29, 0.717) is 53.0 Å². The van der Waals surface area contributed by atoms with Crippen LogP contribution in [-0.4, -0.2) is 54.5 Å². The summed E-state index contributed by atoms with van der Waals surface area (Å²) in [5.41, 5.74) is 7.71. The molecule has 0 atom stereocenters. The second-order valence-electron chi connectivity index (χ2n) is 8.09. The number of aromatic nitrogens is 1. The summed E-state index contributed by atoms with van der Waals surface area (Å²) in [6, 6.07) is 15.7. The number of carbonyl (C=O) groups excluding carboxylic acids is 2. The maximum Gasteiger partial charge on any atom is 0.259 e. The second kappa shape index (κ2) is 12.6. The van der Waals surface area contributed by atoms with Crippen molar-refractivity contribution in [3.8, 4) is 5.75 Å². The Balaban J connectivity index is 1.54. The largest absolute Gasteiger partial charge is 0.493 e. The van der Waals surface area contributed by atoms with Gasteiger partial charge in [-0.1, -0.05) is 23.7 Å². The molecule has 36 heavy (non-hydrogen) atoms. The molecule has 0 saturated carbocycles. The maximum absolute atomic E-state index is 13.3. The van der Waals surface area contributed by atoms with E-state index in [1.54, 1.807) is 42.5 Å². The summed E-state index contributed by atoms with van der Waals surface area (Å²) < 4.78 is 5.96. The molecular formula is C26H28ClN5O3S. The lowest BCUT2D eigenvalue weighted by molar-refractivity contribution is 0.102. The zero-order valence-corrected chi connectivity index (χ0v) is 21.3. The van der Waals surface area contributed by atoms with Gasteiger partial charge in [-0.15, -0.1) is 0 Å². The zero-order chi connectivity index (χ0) is 25.3. The lowest BCUT2D eigenvalue weighted by Gasteiger charge is -2.29. The van der Waals surface area contributed by atoms with Crippen molar-refractivity contribution in [1.82, 2.24) is 4.98 Å². The number of halogens is 1. The third kappa shape index (κ3) is 6.69. The fraction of sp³-hybridized carbons (Fsp3) is 0.269. The molecule has 4 N–H and O–H groups in total. The topological polar surface area (TPSA) is 110 Å². The van der Waals surface area contributed by atoms with Crippen LogP contribution in [0.15, 0.2) is 60.8 Å². The van der Waals surface area contributed by atoms with Crippen LogP contribution in [0.25, 0.3) is 0 Å². The molecule has 1 aromatic heterocycles. The third-order valence-electron chi connectivity index (χ3n) is 5.58. The van der Waals surface area contributed by atoms with Crippen molar-refractivity contribution in [3.05, 3.63) is 76.9 Å². The highest BCUT2D eigenvalue weighted by Gasteiger charge is 2.20. The van der Waals surface area contributed by atoms with Gasteiger partial charge in [0.25, 0.3) is 11.8 Å². The quantitative estimate of drug-likeness (QED) is 0.352. The van der Waals surface area contributed by atoms with Gasteiger partial charge in [-0.2, -0.15) is 11.8 Å². The van der Waals surface area contributed by atoms with Gasteiger partial charge in [0, 0.05) is 42.5 Å². The van der Waals surface area contributed by atoms with Gasteiger partial charge in [0.05, 0.1) is 28.4 Å². The SMILES string of the molecule is NCCCOc1cc(N2CCSCC2)ccc1C(=O)Nc1ccccc1C(=O)Nc1ccc(Cl)cn1. The summed E-state index contributed by atoms with van der Waals surface area (Å²) in [5.74, 6) is 2.20. The predicted octanol–water partition coefficient (Wildman–Crippen LogP) is 4.52. The minimum Gasteiger partial charge on any atom is -0.493 e. The predicted molar refractivity (Wildman–Crippen MR) is 147 cm³/mol. The van der Waals surface area contributed by atoms with Gasteiger partial charge in [-0.05, 0) is 49.4 Å². The molecule has 1 aliphatic heterocycles. The van der Waals surface area contributed by atoms with Crippen molar-refractivity contribution in [3.63, 3.8) is 0 Å². The minimum absolute atomic E-state index is 0.302. The molecular weight excluding hydrogens is 498 g/mol. The molecule has 8 nitrogen and oxygen atoms in total. The van der Waals surface area contributed by atoms with E-state index in [0.717, 1.165) is 30.3 Å². The zero-order valence-electron chi connectivity index (χ0n) is 19.7. The molecule has 2 aromatic carbocycles. The Morgan fingerprint density at radius 2 is 1.81 bits per heavy atom. The van der Waals surface area contributed by atoms with E-state index in [1.807, 2.05) is 23.9 Å². The molecule has 188 valence electrons. The number of benzene rings is 2. The Bertz CT molecular complexity index is 1200. The summed E-state index contributed by atoms with van der Waals surface area (Å²) in [6.45, 7) is 2.80. The normalized spacial score (nSPS) is 13.2. The molecule has 0 aliphatic carbocycles. The average molecular weight is 526 g/mol. The number of anilines is 3. The Labute approximate surface area is 219 Å². The van der Waals surface area contributed by atoms with E-state index in [4.69, 9.17) is 22.1 Å². The molecule has 0 radical (unpaired) electrons. The lowest BCUT2D eigenvalue weighted by Crippen LogP contribution is -2.32. The van der Waals surface area contributed by atoms with E-state index in [9.17, 15) is 9.59 Å². The smallest absolute Gasteiger partial charge is 0.259 e. The van der Waals surface area contributed by atoms with Crippen molar-refractivity contribution in [1.29, 1.82) is 0 Å². The molecule has 10 heteroatoms. The van der Waals surface area contributed by atoms with Gasteiger partial charge in [0.15, 0.2) is 0 Å². The molecule has 1 saturated heterocycles. The second-order valence-corrected chi connectivity index (χ2v) is 9.75. The molecule has 1 fully saturated rings. The van der Waals surface area contributed by atoms with Crippen LogP contribution in [0.1, 0.15) is 27.1 Å². The molecule has 0 spiro atoms. The highest BCUT2D eigenvalue weighted by molar-refractivity contribution is 7.99. The number of para-hydroxylation sites is 1. The first-order valence-electron chi connectivity index (χ1n) is 11.7. The summed E-state index contributed by atoms with van der Waals surface area (Å²) >= 11 is 7.80. The van der Waals surface area contributed by atoms with Gasteiger partial charge in [-0.3, -0.25) is 9.59 Å². The highest BCUT2D eigenvalue weighted by Crippen LogP contribution is 2.29. The molecule has 0 bridgehead atoms. The summed E-state index contributed by atoms with van der Waals surface area (Å²) in [6.07, 6.45) is 2.12. The van der Waals surface area contributed by atoms with Crippen LogP contribution < -0.4 is 26.0 Å². The molecule has 4 rings (SSSR count). The molecule has 1 aliphatic rings. The number of nitrogens with zero attached hydrogens (tertiary/aromatic N) is 2. The lowest BCUT2D eigenvalue weighted by atomic mass is 10.1. The maximum atomic E-state index is 13.3. The Kier molecular flexibility index (Phi) is 9.05. The Hall–Kier alpha value is -3.27. The van der Waals surface area contributed by atoms with Crippen LogP contribution in [0.2, 0.25) is 5.02 Å². The molecule has 2 amide bonds. The number of nitrogens with one attached hydrogen (secondary N) is 2. The molecule has 0 unspecified atom stereocenters. The van der Waals surface area contributed by atoms with Crippen LogP contribution in [0.4, 0.5) is 17.2 Å². The van der Waals surface area contributed by atoms with Crippen molar-refractivity contribution >= 4 is 52.4 Å². The standard InChI is InChI=1S/C26H28ClN5O3S/c27-18-6-9-24(29-17-18)31-25(33)20-4-1-2-5-22(20)30-26(34)21-8-7-19(32-11-14-36-15-12-32)16-23(21)35-13-3-10-28/h1-2,4-9,16-17H,3,10-15,28H2,(H,30,34)(H,29,31,33). The summed E-state index contributed by atoms with van der Waals surface area (Å²) in [7, 11) is 0. The summed E-state index contributed by atoms with van der Waals surface area (Å²) in [4.78, 5) is 32.6. The first-order chi connectivity index (χ1) is 17.5. The van der Waals surface area contributed by atoms with E-state index >= 15 is 0 Å². The van der Waals surface area contributed by atoms with Crippen molar-refractivity contribution in [2.45, 2.75) is 6.42 Å². The Morgan fingerprint density at radius 1 is 1.03 bits per heavy atom. The molecule has 3 aromatic rings. The first kappa shape index (κ1) is 25.8. The fourth-order valence-corrected chi connectivity index (χ4v) is 4.73. The minimum atomic E-state index is -0.404. The first-order valence-corrected chi connectivity index (χ1v) is 13.2. The monoisotopic (exact) mass is 525 g/mol. The number of ether oxygens (including phenoxy) is 1. The van der Waals surface area contributed by atoms with Crippen LogP contribution in [0.5, 0.6) is 5.75 Å². The van der Waals surface area contributed by atoms with Crippen LogP contribution in [-0.2, 0) is 0 Å². The van der Waals surface area contributed by atoms with Gasteiger partial charge in [0.2, 0.25) is 0 Å². The number of amides is 2. The number of pyridine rings is 1. The van der Waals surface area contributed by atoms with Gasteiger partial charge >= 0.3 is 0 Å². The van der Waals surface area contributed by atoms with Gasteiger partial charge in [0.1, 0.15) is 11.6 Å². The van der Waals surface area contributed by atoms with E-state index in [1.165, 1.54) is 6.20 Å². The van der Waals surface area contributed by atoms with Crippen LogP contribution in [0.3, 0.4) is 0 Å². The van der Waals surface area contributed by atoms with E-state index < -0.39 is 5.91 Å². The average Bonchev–Trinajstić information content (AvgIpc) is 2.91. The van der Waals surface area contributed by atoms with E-state index in [-0.39, 0.29) is 5.91 Å². The molecule has 2 heterocycles. The van der Waals surface area contributed by atoms with Crippen LogP contribution in [0, 0.1) is 0 Å². The van der Waals surface area contributed by atoms with Gasteiger partial charge < -0.3 is 26.0 Å². The fourth-order valence-electron chi connectivity index (χ4n) is 3.71. The van der Waals surface area contributed by atoms with Crippen molar-refractivity contribution in [2.24, 2.45) is 5.73 Å². The van der Waals surface area contributed by atoms with E-state index in [2.05, 4.69) is 20.5 Å². The number of hydrogen-bond donors (Lipinski definition) is 3. The number of rotatable bonds is 9. The number of carbonyl (C=O) groups is 2. The number of nitrogens with two attached hydrogens (primary N) is 1. The number of hydrogen-bond acceptors (Lipinski definition) is 7.